The number of hydrogen-bond donors (Lipinski definition) is 0. The largest absolute Gasteiger partial charge is 0.330 e. The Hall–Kier alpha value is -2.09. The maximum absolute atomic E-state index is 13.3. The fraction of sp³-hybridized carbons (Fsp3) is 0.273. The summed E-state index contributed by atoms with van der Waals surface area (Å²) in [6.45, 7) is 3.74. The van der Waals surface area contributed by atoms with Gasteiger partial charge in [0.15, 0.2) is 5.16 Å². The summed E-state index contributed by atoms with van der Waals surface area (Å²) in [7, 11) is 0. The van der Waals surface area contributed by atoms with Crippen molar-refractivity contribution in [3.8, 4) is 0 Å². The molecule has 0 spiro atoms. The van der Waals surface area contributed by atoms with Crippen LogP contribution in [0.2, 0.25) is 0 Å². The van der Waals surface area contributed by atoms with Crippen LogP contribution < -0.4 is 0 Å². The first-order chi connectivity index (χ1) is 14.3. The van der Waals surface area contributed by atoms with E-state index in [1.165, 1.54) is 15.3 Å². The molecule has 0 saturated carbocycles. The Kier molecular flexibility index (Phi) is 5.20. The van der Waals surface area contributed by atoms with Crippen LogP contribution in [0.3, 0.4) is 0 Å². The summed E-state index contributed by atoms with van der Waals surface area (Å²) >= 11 is 5.08. The van der Waals surface area contributed by atoms with E-state index in [0.29, 0.717) is 5.75 Å². The van der Waals surface area contributed by atoms with Gasteiger partial charge in [0.1, 0.15) is 0 Å². The lowest BCUT2D eigenvalue weighted by Crippen LogP contribution is -2.40. The van der Waals surface area contributed by atoms with Crippen LogP contribution >= 0.6 is 34.4 Å². The standard InChI is InChI=1S/C22H21N3OS3/c1-2-24-17-7-4-3-6-16(17)23-22(24)29-14-20(26)25-11-9-18-15(10-13-28-18)21(25)19-8-5-12-27-19/h3-8,10,12-13,21H,2,9,11,14H2,1H3/t21-/m0/s1. The molecule has 4 heterocycles. The van der Waals surface area contributed by atoms with Crippen molar-refractivity contribution in [2.24, 2.45) is 0 Å². The molecule has 1 atom stereocenters. The average Bonchev–Trinajstić information content (AvgIpc) is 3.50. The molecule has 148 valence electrons. The Balaban J connectivity index is 1.39. The molecule has 1 amide bonds. The van der Waals surface area contributed by atoms with Gasteiger partial charge < -0.3 is 9.47 Å². The van der Waals surface area contributed by atoms with E-state index in [4.69, 9.17) is 4.98 Å². The number of carbonyl (C=O) groups is 1. The number of para-hydroxylation sites is 2. The van der Waals surface area contributed by atoms with Crippen molar-refractivity contribution >= 4 is 51.4 Å². The zero-order chi connectivity index (χ0) is 19.8. The van der Waals surface area contributed by atoms with Crippen LogP contribution in [0.5, 0.6) is 0 Å². The molecule has 1 aliphatic heterocycles. The van der Waals surface area contributed by atoms with Gasteiger partial charge in [-0.15, -0.1) is 22.7 Å². The maximum atomic E-state index is 13.3. The molecule has 4 aromatic rings. The van der Waals surface area contributed by atoms with Crippen molar-refractivity contribution in [2.45, 2.75) is 31.1 Å². The van der Waals surface area contributed by atoms with Crippen molar-refractivity contribution in [3.63, 3.8) is 0 Å². The highest BCUT2D eigenvalue weighted by molar-refractivity contribution is 7.99. The molecule has 0 bridgehead atoms. The van der Waals surface area contributed by atoms with E-state index in [-0.39, 0.29) is 11.9 Å². The van der Waals surface area contributed by atoms with Gasteiger partial charge in [-0.3, -0.25) is 4.79 Å². The van der Waals surface area contributed by atoms with Crippen LogP contribution in [0.4, 0.5) is 0 Å². The number of thioether (sulfide) groups is 1. The summed E-state index contributed by atoms with van der Waals surface area (Å²) in [5, 5.41) is 5.16. The van der Waals surface area contributed by atoms with E-state index in [9.17, 15) is 4.79 Å². The van der Waals surface area contributed by atoms with Gasteiger partial charge in [-0.05, 0) is 53.9 Å². The van der Waals surface area contributed by atoms with Gasteiger partial charge >= 0.3 is 0 Å². The lowest BCUT2D eigenvalue weighted by atomic mass is 9.98. The molecule has 0 N–H and O–H groups in total. The van der Waals surface area contributed by atoms with Crippen LogP contribution in [-0.4, -0.2) is 32.7 Å². The zero-order valence-electron chi connectivity index (χ0n) is 16.1. The van der Waals surface area contributed by atoms with E-state index in [1.54, 1.807) is 34.4 Å². The van der Waals surface area contributed by atoms with Crippen molar-refractivity contribution in [3.05, 3.63) is 68.5 Å². The number of benzene rings is 1. The number of hydrogen-bond acceptors (Lipinski definition) is 5. The first kappa shape index (κ1) is 18.9. The van der Waals surface area contributed by atoms with E-state index in [1.807, 2.05) is 18.2 Å². The molecule has 0 saturated heterocycles. The molecule has 0 unspecified atom stereocenters. The Morgan fingerprint density at radius 2 is 2.07 bits per heavy atom. The normalized spacial score (nSPS) is 16.3. The van der Waals surface area contributed by atoms with Crippen LogP contribution in [0.25, 0.3) is 11.0 Å². The number of amides is 1. The fourth-order valence-electron chi connectivity index (χ4n) is 4.02. The minimum atomic E-state index is 0.0445. The van der Waals surface area contributed by atoms with Gasteiger partial charge in [-0.1, -0.05) is 30.0 Å². The lowest BCUT2D eigenvalue weighted by Gasteiger charge is -2.35. The smallest absolute Gasteiger partial charge is 0.233 e. The SMILES string of the molecule is CCn1c(SCC(=O)N2CCc3sccc3[C@H]2c2cccs2)nc2ccccc21. The van der Waals surface area contributed by atoms with Crippen molar-refractivity contribution in [2.75, 3.05) is 12.3 Å². The van der Waals surface area contributed by atoms with Crippen molar-refractivity contribution in [1.82, 2.24) is 14.5 Å². The zero-order valence-corrected chi connectivity index (χ0v) is 18.5. The monoisotopic (exact) mass is 439 g/mol. The van der Waals surface area contributed by atoms with Crippen LogP contribution in [0.15, 0.2) is 58.4 Å². The topological polar surface area (TPSA) is 38.1 Å². The summed E-state index contributed by atoms with van der Waals surface area (Å²) in [6, 6.07) is 14.6. The molecule has 4 nitrogen and oxygen atoms in total. The Morgan fingerprint density at radius 1 is 1.17 bits per heavy atom. The maximum Gasteiger partial charge on any atom is 0.233 e. The van der Waals surface area contributed by atoms with E-state index in [2.05, 4.69) is 51.4 Å². The second-order valence-electron chi connectivity index (χ2n) is 6.97. The molecule has 7 heteroatoms. The first-order valence-corrected chi connectivity index (χ1v) is 12.5. The molecule has 0 aliphatic carbocycles. The summed E-state index contributed by atoms with van der Waals surface area (Å²) in [5.41, 5.74) is 3.41. The molecule has 0 radical (unpaired) electrons. The Morgan fingerprint density at radius 3 is 2.90 bits per heavy atom. The number of imidazole rings is 1. The fourth-order valence-corrected chi connectivity index (χ4v) is 6.74. The summed E-state index contributed by atoms with van der Waals surface area (Å²) < 4.78 is 2.19. The minimum Gasteiger partial charge on any atom is -0.330 e. The van der Waals surface area contributed by atoms with Crippen molar-refractivity contribution < 1.29 is 4.79 Å². The highest BCUT2D eigenvalue weighted by Gasteiger charge is 2.33. The quantitative estimate of drug-likeness (QED) is 0.388. The summed E-state index contributed by atoms with van der Waals surface area (Å²) in [5.74, 6) is 0.588. The molecule has 1 aliphatic rings. The van der Waals surface area contributed by atoms with Gasteiger partial charge in [-0.25, -0.2) is 4.98 Å². The molecule has 29 heavy (non-hydrogen) atoms. The van der Waals surface area contributed by atoms with Crippen LogP contribution in [0.1, 0.15) is 28.3 Å². The molecule has 0 fully saturated rings. The van der Waals surface area contributed by atoms with E-state index < -0.39 is 0 Å². The lowest BCUT2D eigenvalue weighted by molar-refractivity contribution is -0.130. The number of aromatic nitrogens is 2. The number of aryl methyl sites for hydroxylation is 1. The van der Waals surface area contributed by atoms with Crippen molar-refractivity contribution in [1.29, 1.82) is 0 Å². The number of fused-ring (bicyclic) bond motifs is 2. The molecular formula is C22H21N3OS3. The van der Waals surface area contributed by atoms with Gasteiger partial charge in [0.05, 0.1) is 22.8 Å². The third-order valence-electron chi connectivity index (χ3n) is 5.36. The second-order valence-corrected chi connectivity index (χ2v) is 9.89. The average molecular weight is 440 g/mol. The number of rotatable bonds is 5. The Labute approximate surface area is 182 Å². The van der Waals surface area contributed by atoms with Gasteiger partial charge in [0.25, 0.3) is 0 Å². The third-order valence-corrected chi connectivity index (χ3v) is 8.24. The predicted octanol–water partition coefficient (Wildman–Crippen LogP) is 5.45. The predicted molar refractivity (Wildman–Crippen MR) is 122 cm³/mol. The second kappa shape index (κ2) is 7.97. The van der Waals surface area contributed by atoms with Gasteiger partial charge in [0, 0.05) is 22.8 Å². The highest BCUT2D eigenvalue weighted by Crippen LogP contribution is 2.40. The number of nitrogens with zero attached hydrogens (tertiary/aromatic N) is 3. The highest BCUT2D eigenvalue weighted by atomic mass is 32.2. The first-order valence-electron chi connectivity index (χ1n) is 9.73. The molecule has 5 rings (SSSR count). The number of carbonyl (C=O) groups excluding carboxylic acids is 1. The Bertz CT molecular complexity index is 1150. The summed E-state index contributed by atoms with van der Waals surface area (Å²) in [4.78, 5) is 22.8. The summed E-state index contributed by atoms with van der Waals surface area (Å²) in [6.07, 6.45) is 0.943. The third kappa shape index (κ3) is 3.41. The van der Waals surface area contributed by atoms with Gasteiger partial charge in [-0.2, -0.15) is 0 Å². The van der Waals surface area contributed by atoms with Crippen LogP contribution in [0, 0.1) is 0 Å². The molecular weight excluding hydrogens is 418 g/mol. The molecule has 3 aromatic heterocycles. The van der Waals surface area contributed by atoms with Crippen LogP contribution in [-0.2, 0) is 17.8 Å². The molecule has 1 aromatic carbocycles. The van der Waals surface area contributed by atoms with E-state index >= 15 is 0 Å². The van der Waals surface area contributed by atoms with Gasteiger partial charge in [0.2, 0.25) is 5.91 Å². The van der Waals surface area contributed by atoms with E-state index in [0.717, 1.165) is 35.7 Å². The number of thiophene rings is 2. The minimum absolute atomic E-state index is 0.0445.